The molecule has 0 radical (unpaired) electrons. The zero-order chi connectivity index (χ0) is 24.0. The van der Waals surface area contributed by atoms with Crippen LogP contribution in [0.25, 0.3) is 0 Å². The van der Waals surface area contributed by atoms with E-state index in [1.165, 1.54) is 12.1 Å². The standard InChI is InChI=1S/C11H18N2O3S.C8H5ClF3NO/c1-3-5-8-7-10(12)13-9(6-4-2)11(8)17(14,15)16;9-4-1-2-5(7(13)14)6(3-4)8(10,11)12/h7H,3-6H2,1-2H3,(H2,12,13)(H,14,15,16);1-3H,(H2,13,14). The Morgan fingerprint density at radius 2 is 1.74 bits per heavy atom. The number of halogens is 4. The summed E-state index contributed by atoms with van der Waals surface area (Å²) < 4.78 is 69.1. The highest BCUT2D eigenvalue weighted by molar-refractivity contribution is 7.86. The molecule has 1 aromatic carbocycles. The van der Waals surface area contributed by atoms with Crippen molar-refractivity contribution in [3.63, 3.8) is 0 Å². The van der Waals surface area contributed by atoms with E-state index >= 15 is 0 Å². The number of hydrogen-bond donors (Lipinski definition) is 3. The molecule has 1 amide bonds. The minimum atomic E-state index is -4.63. The van der Waals surface area contributed by atoms with Crippen molar-refractivity contribution in [1.29, 1.82) is 0 Å². The Hall–Kier alpha value is -2.37. The number of benzene rings is 1. The van der Waals surface area contributed by atoms with E-state index in [9.17, 15) is 30.9 Å². The maximum atomic E-state index is 12.3. The van der Waals surface area contributed by atoms with Gasteiger partial charge in [0.25, 0.3) is 10.1 Å². The summed E-state index contributed by atoms with van der Waals surface area (Å²) in [5.41, 5.74) is 9.64. The first-order valence-electron chi connectivity index (χ1n) is 9.14. The van der Waals surface area contributed by atoms with E-state index in [1.54, 1.807) is 0 Å². The van der Waals surface area contributed by atoms with Crippen LogP contribution in [0.5, 0.6) is 0 Å². The number of alkyl halides is 3. The van der Waals surface area contributed by atoms with E-state index in [1.807, 2.05) is 13.8 Å². The topological polar surface area (TPSA) is 136 Å². The second-order valence-electron chi connectivity index (χ2n) is 6.51. The van der Waals surface area contributed by atoms with Crippen LogP contribution in [0.15, 0.2) is 29.2 Å². The quantitative estimate of drug-likeness (QED) is 0.527. The molecule has 31 heavy (non-hydrogen) atoms. The van der Waals surface area contributed by atoms with Crippen molar-refractivity contribution in [2.45, 2.75) is 50.6 Å². The number of carbonyl (C=O) groups excluding carboxylic acids is 1. The number of nitrogen functional groups attached to an aromatic ring is 1. The molecular formula is C19H23ClF3N3O4S. The van der Waals surface area contributed by atoms with Gasteiger partial charge in [0.2, 0.25) is 5.91 Å². The first-order chi connectivity index (χ1) is 14.2. The van der Waals surface area contributed by atoms with Gasteiger partial charge in [0.1, 0.15) is 10.7 Å². The Morgan fingerprint density at radius 1 is 1.16 bits per heavy atom. The van der Waals surface area contributed by atoms with Crippen LogP contribution in [-0.4, -0.2) is 23.9 Å². The van der Waals surface area contributed by atoms with Crippen LogP contribution >= 0.6 is 11.6 Å². The van der Waals surface area contributed by atoms with Crippen LogP contribution in [0.1, 0.15) is 53.9 Å². The van der Waals surface area contributed by atoms with E-state index in [-0.39, 0.29) is 9.92 Å². The van der Waals surface area contributed by atoms with Crippen LogP contribution < -0.4 is 11.5 Å². The number of pyridine rings is 1. The number of aryl methyl sites for hydroxylation is 2. The third-order valence-corrected chi connectivity index (χ3v) is 5.21. The monoisotopic (exact) mass is 481 g/mol. The molecule has 1 heterocycles. The Labute approximate surface area is 183 Å². The molecule has 2 rings (SSSR count). The molecule has 0 saturated carbocycles. The van der Waals surface area contributed by atoms with Gasteiger partial charge in [0.05, 0.1) is 16.8 Å². The van der Waals surface area contributed by atoms with E-state index in [4.69, 9.17) is 23.1 Å². The van der Waals surface area contributed by atoms with Crippen molar-refractivity contribution in [2.75, 3.05) is 5.73 Å². The lowest BCUT2D eigenvalue weighted by Crippen LogP contribution is -2.18. The SMILES string of the molecule is CCCc1cc(N)nc(CCC)c1S(=O)(=O)O.NC(=O)c1ccc(Cl)cc1C(F)(F)F. The number of aromatic nitrogens is 1. The molecule has 1 aromatic heterocycles. The second kappa shape index (κ2) is 10.8. The number of primary amides is 1. The first kappa shape index (κ1) is 26.7. The molecule has 0 aliphatic rings. The van der Waals surface area contributed by atoms with Crippen LogP contribution in [0.4, 0.5) is 19.0 Å². The van der Waals surface area contributed by atoms with Crippen molar-refractivity contribution in [3.8, 4) is 0 Å². The summed E-state index contributed by atoms with van der Waals surface area (Å²) in [6, 6.07) is 4.32. The van der Waals surface area contributed by atoms with Crippen LogP contribution in [0.2, 0.25) is 5.02 Å². The van der Waals surface area contributed by atoms with Gasteiger partial charge in [-0.3, -0.25) is 9.35 Å². The molecule has 12 heteroatoms. The van der Waals surface area contributed by atoms with E-state index in [2.05, 4.69) is 4.98 Å². The summed E-state index contributed by atoms with van der Waals surface area (Å²) in [4.78, 5) is 14.6. The zero-order valence-electron chi connectivity index (χ0n) is 16.8. The Morgan fingerprint density at radius 3 is 2.19 bits per heavy atom. The predicted octanol–water partition coefficient (Wildman–Crippen LogP) is 4.27. The van der Waals surface area contributed by atoms with Crippen molar-refractivity contribution in [2.24, 2.45) is 5.73 Å². The van der Waals surface area contributed by atoms with Gasteiger partial charge in [-0.15, -0.1) is 0 Å². The third kappa shape index (κ3) is 7.67. The number of amides is 1. The molecular weight excluding hydrogens is 459 g/mol. The molecule has 2 aromatic rings. The van der Waals surface area contributed by atoms with Gasteiger partial charge in [0.15, 0.2) is 0 Å². The zero-order valence-corrected chi connectivity index (χ0v) is 18.4. The number of carbonyl (C=O) groups is 1. The fourth-order valence-corrected chi connectivity index (χ4v) is 3.92. The number of nitrogens with zero attached hydrogens (tertiary/aromatic N) is 1. The fraction of sp³-hybridized carbons (Fsp3) is 0.368. The van der Waals surface area contributed by atoms with E-state index < -0.39 is 33.3 Å². The van der Waals surface area contributed by atoms with Crippen LogP contribution in [0, 0.1) is 0 Å². The normalized spacial score (nSPS) is 11.6. The highest BCUT2D eigenvalue weighted by Gasteiger charge is 2.34. The Balaban J connectivity index is 0.000000316. The Bertz CT molecular complexity index is 1020. The van der Waals surface area contributed by atoms with Crippen molar-refractivity contribution < 1.29 is 30.9 Å². The van der Waals surface area contributed by atoms with Gasteiger partial charge in [-0.25, -0.2) is 4.98 Å². The maximum Gasteiger partial charge on any atom is 0.417 e. The maximum absolute atomic E-state index is 12.3. The summed E-state index contributed by atoms with van der Waals surface area (Å²) >= 11 is 5.38. The lowest BCUT2D eigenvalue weighted by molar-refractivity contribution is -0.137. The van der Waals surface area contributed by atoms with Crippen molar-refractivity contribution in [1.82, 2.24) is 4.98 Å². The Kier molecular flexibility index (Phi) is 9.27. The molecule has 7 nitrogen and oxygen atoms in total. The van der Waals surface area contributed by atoms with Crippen molar-refractivity contribution >= 4 is 33.4 Å². The lowest BCUT2D eigenvalue weighted by Gasteiger charge is -2.12. The molecule has 0 aliphatic carbocycles. The van der Waals surface area contributed by atoms with Gasteiger partial charge in [-0.05, 0) is 42.7 Å². The minimum Gasteiger partial charge on any atom is -0.384 e. The molecule has 0 aliphatic heterocycles. The number of nitrogens with two attached hydrogens (primary N) is 2. The number of hydrogen-bond acceptors (Lipinski definition) is 5. The van der Waals surface area contributed by atoms with Gasteiger partial charge >= 0.3 is 6.18 Å². The second-order valence-corrected chi connectivity index (χ2v) is 8.30. The summed E-state index contributed by atoms with van der Waals surface area (Å²) in [5, 5.41) is -0.0951. The highest BCUT2D eigenvalue weighted by Crippen LogP contribution is 2.33. The van der Waals surface area contributed by atoms with Crippen molar-refractivity contribution in [3.05, 3.63) is 51.7 Å². The molecule has 172 valence electrons. The summed E-state index contributed by atoms with van der Waals surface area (Å²) in [6.07, 6.45) is -2.08. The van der Waals surface area contributed by atoms with Gasteiger partial charge in [0, 0.05) is 5.02 Å². The van der Waals surface area contributed by atoms with Crippen LogP contribution in [-0.2, 0) is 29.1 Å². The van der Waals surface area contributed by atoms with Gasteiger partial charge in [-0.1, -0.05) is 38.3 Å². The van der Waals surface area contributed by atoms with E-state index in [0.717, 1.165) is 18.9 Å². The molecule has 5 N–H and O–H groups in total. The minimum absolute atomic E-state index is 0.0598. The smallest absolute Gasteiger partial charge is 0.384 e. The molecule has 0 unspecified atom stereocenters. The summed E-state index contributed by atoms with van der Waals surface area (Å²) in [5.74, 6) is -0.835. The van der Waals surface area contributed by atoms with Crippen LogP contribution in [0.3, 0.4) is 0 Å². The fourth-order valence-electron chi connectivity index (χ4n) is 2.81. The number of anilines is 1. The molecule has 0 saturated heterocycles. The predicted molar refractivity (Wildman–Crippen MR) is 111 cm³/mol. The third-order valence-electron chi connectivity index (χ3n) is 3.96. The van der Waals surface area contributed by atoms with Gasteiger partial charge < -0.3 is 11.5 Å². The highest BCUT2D eigenvalue weighted by atomic mass is 35.5. The molecule has 0 spiro atoms. The first-order valence-corrected chi connectivity index (χ1v) is 11.0. The summed E-state index contributed by atoms with van der Waals surface area (Å²) in [7, 11) is -4.24. The van der Waals surface area contributed by atoms with E-state index in [0.29, 0.717) is 36.0 Å². The largest absolute Gasteiger partial charge is 0.417 e. The molecule has 0 fully saturated rings. The van der Waals surface area contributed by atoms with Gasteiger partial charge in [-0.2, -0.15) is 21.6 Å². The molecule has 0 bridgehead atoms. The average Bonchev–Trinajstić information content (AvgIpc) is 2.60. The average molecular weight is 482 g/mol. The summed E-state index contributed by atoms with van der Waals surface area (Å²) in [6.45, 7) is 3.85. The lowest BCUT2D eigenvalue weighted by atomic mass is 10.1. The number of rotatable bonds is 6. The molecule has 0 atom stereocenters.